The summed E-state index contributed by atoms with van der Waals surface area (Å²) in [4.78, 5) is 3.45. The van der Waals surface area contributed by atoms with E-state index in [1.165, 1.54) is 0 Å². The smallest absolute Gasteiger partial charge is 0.355 e. The summed E-state index contributed by atoms with van der Waals surface area (Å²) in [5.74, 6) is -0.544. The quantitative estimate of drug-likeness (QED) is 0.896. The topological polar surface area (TPSA) is 37.8 Å². The van der Waals surface area contributed by atoms with E-state index in [0.717, 1.165) is 24.4 Å². The SMILES string of the molecule is CC(C)(Nc1nc(C(F)(F)F)ns1)C1CC1. The fourth-order valence-electron chi connectivity index (χ4n) is 1.57. The minimum absolute atomic E-state index is 0.206. The third-order valence-corrected chi connectivity index (χ3v) is 3.34. The second-order valence-corrected chi connectivity index (χ2v) is 5.29. The van der Waals surface area contributed by atoms with Gasteiger partial charge in [-0.15, -0.1) is 0 Å². The van der Waals surface area contributed by atoms with E-state index in [1.54, 1.807) is 0 Å². The molecule has 90 valence electrons. The molecule has 0 atom stereocenters. The molecule has 1 saturated carbocycles. The van der Waals surface area contributed by atoms with Gasteiger partial charge in [0, 0.05) is 17.1 Å². The number of rotatable bonds is 3. The largest absolute Gasteiger partial charge is 0.452 e. The van der Waals surface area contributed by atoms with E-state index >= 15 is 0 Å². The lowest BCUT2D eigenvalue weighted by Gasteiger charge is -2.25. The molecule has 0 aromatic carbocycles. The number of halogens is 3. The summed E-state index contributed by atoms with van der Waals surface area (Å²) in [5.41, 5.74) is -0.206. The molecular formula is C9H12F3N3S. The third kappa shape index (κ3) is 2.45. The van der Waals surface area contributed by atoms with E-state index in [0.29, 0.717) is 5.92 Å². The molecule has 1 N–H and O–H groups in total. The van der Waals surface area contributed by atoms with Gasteiger partial charge in [0.1, 0.15) is 0 Å². The molecule has 0 bridgehead atoms. The minimum Gasteiger partial charge on any atom is -0.355 e. The van der Waals surface area contributed by atoms with Gasteiger partial charge >= 0.3 is 6.18 Å². The molecule has 1 aromatic heterocycles. The Kier molecular flexibility index (Phi) is 2.60. The molecule has 0 unspecified atom stereocenters. The molecule has 7 heteroatoms. The first-order valence-corrected chi connectivity index (χ1v) is 5.75. The van der Waals surface area contributed by atoms with Crippen molar-refractivity contribution in [2.24, 2.45) is 5.92 Å². The normalized spacial score (nSPS) is 17.6. The van der Waals surface area contributed by atoms with Crippen LogP contribution in [0, 0.1) is 5.92 Å². The van der Waals surface area contributed by atoms with Crippen molar-refractivity contribution in [3.8, 4) is 0 Å². The molecule has 0 aliphatic heterocycles. The summed E-state index contributed by atoms with van der Waals surface area (Å²) in [6.07, 6.45) is -2.23. The lowest BCUT2D eigenvalue weighted by molar-refractivity contribution is -0.144. The zero-order chi connectivity index (χ0) is 12.0. The predicted octanol–water partition coefficient (Wildman–Crippen LogP) is 3.16. The van der Waals surface area contributed by atoms with Gasteiger partial charge in [0.15, 0.2) is 0 Å². The van der Waals surface area contributed by atoms with Gasteiger partial charge in [-0.3, -0.25) is 0 Å². The molecule has 0 saturated heterocycles. The average molecular weight is 251 g/mol. The number of anilines is 1. The van der Waals surface area contributed by atoms with Crippen molar-refractivity contribution in [1.82, 2.24) is 9.36 Å². The maximum absolute atomic E-state index is 12.3. The highest BCUT2D eigenvalue weighted by Gasteiger charge is 2.40. The molecular weight excluding hydrogens is 239 g/mol. The lowest BCUT2D eigenvalue weighted by Crippen LogP contribution is -2.33. The Balaban J connectivity index is 2.08. The van der Waals surface area contributed by atoms with Crippen molar-refractivity contribution in [3.05, 3.63) is 5.82 Å². The maximum Gasteiger partial charge on any atom is 0.452 e. The van der Waals surface area contributed by atoms with Gasteiger partial charge < -0.3 is 5.32 Å². The summed E-state index contributed by atoms with van der Waals surface area (Å²) in [7, 11) is 0. The third-order valence-electron chi connectivity index (χ3n) is 2.71. The molecule has 0 radical (unpaired) electrons. The second-order valence-electron chi connectivity index (χ2n) is 4.54. The van der Waals surface area contributed by atoms with Crippen LogP contribution in [-0.4, -0.2) is 14.9 Å². The number of hydrogen-bond acceptors (Lipinski definition) is 4. The molecule has 1 aliphatic carbocycles. The summed E-state index contributed by atoms with van der Waals surface area (Å²) < 4.78 is 40.1. The van der Waals surface area contributed by atoms with Crippen LogP contribution in [0.3, 0.4) is 0 Å². The van der Waals surface area contributed by atoms with Gasteiger partial charge in [-0.2, -0.15) is 22.5 Å². The van der Waals surface area contributed by atoms with Crippen LogP contribution in [0.1, 0.15) is 32.5 Å². The molecule has 0 spiro atoms. The van der Waals surface area contributed by atoms with Crippen molar-refractivity contribution in [1.29, 1.82) is 0 Å². The summed E-state index contributed by atoms with van der Waals surface area (Å²) in [6.45, 7) is 3.94. The van der Waals surface area contributed by atoms with Crippen LogP contribution in [0.25, 0.3) is 0 Å². The zero-order valence-electron chi connectivity index (χ0n) is 8.93. The molecule has 1 aliphatic rings. The predicted molar refractivity (Wildman–Crippen MR) is 55.3 cm³/mol. The molecule has 1 fully saturated rings. The first kappa shape index (κ1) is 11.6. The zero-order valence-corrected chi connectivity index (χ0v) is 9.74. The van der Waals surface area contributed by atoms with Crippen molar-refractivity contribution in [2.45, 2.75) is 38.4 Å². The second kappa shape index (κ2) is 3.58. The molecule has 2 rings (SSSR count). The van der Waals surface area contributed by atoms with Crippen molar-refractivity contribution < 1.29 is 13.2 Å². The number of alkyl halides is 3. The summed E-state index contributed by atoms with van der Waals surface area (Å²) in [6, 6.07) is 0. The Morgan fingerprint density at radius 1 is 1.31 bits per heavy atom. The lowest BCUT2D eigenvalue weighted by atomic mass is 9.99. The van der Waals surface area contributed by atoms with Crippen LogP contribution in [0.15, 0.2) is 0 Å². The Morgan fingerprint density at radius 3 is 2.38 bits per heavy atom. The highest BCUT2D eigenvalue weighted by molar-refractivity contribution is 7.09. The van der Waals surface area contributed by atoms with Crippen LogP contribution in [-0.2, 0) is 6.18 Å². The monoisotopic (exact) mass is 251 g/mol. The summed E-state index contributed by atoms with van der Waals surface area (Å²) >= 11 is 0.756. The highest BCUT2D eigenvalue weighted by atomic mass is 32.1. The average Bonchev–Trinajstić information content (AvgIpc) is 2.87. The fourth-order valence-corrected chi connectivity index (χ4v) is 2.33. The number of aromatic nitrogens is 2. The number of nitrogens with zero attached hydrogens (tertiary/aromatic N) is 2. The number of hydrogen-bond donors (Lipinski definition) is 1. The van der Waals surface area contributed by atoms with Gasteiger partial charge in [0.05, 0.1) is 0 Å². The minimum atomic E-state index is -4.46. The molecule has 1 heterocycles. The highest BCUT2D eigenvalue weighted by Crippen LogP contribution is 2.41. The van der Waals surface area contributed by atoms with Crippen LogP contribution in [0.2, 0.25) is 0 Å². The molecule has 16 heavy (non-hydrogen) atoms. The van der Waals surface area contributed by atoms with E-state index in [2.05, 4.69) is 14.7 Å². The van der Waals surface area contributed by atoms with E-state index in [1.807, 2.05) is 13.8 Å². The van der Waals surface area contributed by atoms with E-state index in [9.17, 15) is 13.2 Å². The van der Waals surface area contributed by atoms with E-state index < -0.39 is 12.0 Å². The van der Waals surface area contributed by atoms with Crippen LogP contribution >= 0.6 is 11.5 Å². The van der Waals surface area contributed by atoms with Crippen molar-refractivity contribution in [3.63, 3.8) is 0 Å². The van der Waals surface area contributed by atoms with Crippen LogP contribution in [0.4, 0.5) is 18.3 Å². The summed E-state index contributed by atoms with van der Waals surface area (Å²) in [5, 5.41) is 3.26. The van der Waals surface area contributed by atoms with Gasteiger partial charge in [0.2, 0.25) is 11.0 Å². The van der Waals surface area contributed by atoms with E-state index in [4.69, 9.17) is 0 Å². The Morgan fingerprint density at radius 2 is 1.94 bits per heavy atom. The first-order chi connectivity index (χ1) is 7.29. The van der Waals surface area contributed by atoms with Crippen molar-refractivity contribution >= 4 is 16.7 Å². The van der Waals surface area contributed by atoms with Crippen molar-refractivity contribution in [2.75, 3.05) is 5.32 Å². The van der Waals surface area contributed by atoms with Gasteiger partial charge in [-0.05, 0) is 32.6 Å². The van der Waals surface area contributed by atoms with Gasteiger partial charge in [-0.25, -0.2) is 0 Å². The Labute approximate surface area is 95.2 Å². The van der Waals surface area contributed by atoms with Gasteiger partial charge in [0.25, 0.3) is 0 Å². The van der Waals surface area contributed by atoms with Gasteiger partial charge in [-0.1, -0.05) is 0 Å². The Hall–Kier alpha value is -0.850. The fraction of sp³-hybridized carbons (Fsp3) is 0.778. The van der Waals surface area contributed by atoms with E-state index in [-0.39, 0.29) is 10.7 Å². The first-order valence-electron chi connectivity index (χ1n) is 4.98. The van der Waals surface area contributed by atoms with Crippen LogP contribution < -0.4 is 5.32 Å². The molecule has 3 nitrogen and oxygen atoms in total. The van der Waals surface area contributed by atoms with Crippen LogP contribution in [0.5, 0.6) is 0 Å². The standard InChI is InChI=1S/C9H12F3N3S/c1-8(2,5-3-4-5)14-7-13-6(15-16-7)9(10,11)12/h5H,3-4H2,1-2H3,(H,13,14,15). The number of nitrogens with one attached hydrogen (secondary N) is 1. The molecule has 1 aromatic rings. The maximum atomic E-state index is 12.3. The Bertz CT molecular complexity index is 382. The molecule has 0 amide bonds.